The molecule has 0 bridgehead atoms. The normalized spacial score (nSPS) is 20.6. The molecular weight excluding hydrogens is 549 g/mol. The van der Waals surface area contributed by atoms with Crippen molar-refractivity contribution in [1.29, 1.82) is 0 Å². The molecule has 2 atom stereocenters. The van der Waals surface area contributed by atoms with Gasteiger partial charge in [0, 0.05) is 25.4 Å². The fraction of sp³-hybridized carbons (Fsp3) is 0.500. The number of amides is 1. The number of aromatic nitrogens is 2. The van der Waals surface area contributed by atoms with Crippen molar-refractivity contribution in [2.75, 3.05) is 13.1 Å². The molecule has 12 heteroatoms. The maximum Gasteiger partial charge on any atom is 0.417 e. The number of pyridine rings is 1. The fourth-order valence-electron chi connectivity index (χ4n) is 4.54. The molecule has 0 spiro atoms. The standard InChI is InChI=1S/C28H34F5N5OS/c1-7-17(4)25(35-13-20(8-2)28(31,32)33)36-14-22-18(5)12-27(29,30)15-38(22)26(39)23-24(40-19(6)37-23)21-11-16(3)9-10-34-21/h8-11,13,18,22,36H,7,12,14-15H2,1-6H3/b20-8+,25-17+,35-13-. The summed E-state index contributed by atoms with van der Waals surface area (Å²) in [4.78, 5) is 28.3. The lowest BCUT2D eigenvalue weighted by Gasteiger charge is -2.43. The Balaban J connectivity index is 1.95. The van der Waals surface area contributed by atoms with Crippen LogP contribution in [0.15, 0.2) is 46.4 Å². The van der Waals surface area contributed by atoms with E-state index in [1.807, 2.05) is 19.9 Å². The number of rotatable bonds is 8. The number of hydrogen-bond acceptors (Lipinski definition) is 6. The average Bonchev–Trinajstić information content (AvgIpc) is 3.26. The Morgan fingerprint density at radius 1 is 1.32 bits per heavy atom. The second-order valence-electron chi connectivity index (χ2n) is 10.0. The number of hydrogen-bond donors (Lipinski definition) is 1. The number of piperidine rings is 1. The third-order valence-electron chi connectivity index (χ3n) is 6.81. The minimum absolute atomic E-state index is 0.0192. The third-order valence-corrected chi connectivity index (χ3v) is 7.80. The van der Waals surface area contributed by atoms with E-state index in [1.54, 1.807) is 33.0 Å². The zero-order chi connectivity index (χ0) is 29.8. The molecule has 0 radical (unpaired) electrons. The van der Waals surface area contributed by atoms with Gasteiger partial charge in [-0.15, -0.1) is 11.3 Å². The van der Waals surface area contributed by atoms with Crippen LogP contribution in [0.2, 0.25) is 0 Å². The molecule has 1 aliphatic rings. The Bertz CT molecular complexity index is 1310. The van der Waals surface area contributed by atoms with Gasteiger partial charge in [0.05, 0.1) is 33.7 Å². The molecule has 2 unspecified atom stereocenters. The van der Waals surface area contributed by atoms with E-state index in [1.165, 1.54) is 18.3 Å². The smallest absolute Gasteiger partial charge is 0.368 e. The van der Waals surface area contributed by atoms with Crippen molar-refractivity contribution in [2.45, 2.75) is 72.5 Å². The van der Waals surface area contributed by atoms with Crippen molar-refractivity contribution in [3.05, 3.63) is 57.6 Å². The monoisotopic (exact) mass is 583 g/mol. The summed E-state index contributed by atoms with van der Waals surface area (Å²) in [6, 6.07) is 2.93. The minimum atomic E-state index is -4.56. The van der Waals surface area contributed by atoms with Crippen molar-refractivity contribution in [3.8, 4) is 10.6 Å². The van der Waals surface area contributed by atoms with Gasteiger partial charge in [0.1, 0.15) is 11.5 Å². The van der Waals surface area contributed by atoms with Crippen molar-refractivity contribution in [2.24, 2.45) is 10.9 Å². The van der Waals surface area contributed by atoms with Gasteiger partial charge in [0.25, 0.3) is 11.8 Å². The van der Waals surface area contributed by atoms with Crippen LogP contribution in [0.25, 0.3) is 10.6 Å². The van der Waals surface area contributed by atoms with E-state index >= 15 is 0 Å². The van der Waals surface area contributed by atoms with Gasteiger partial charge in [-0.25, -0.2) is 18.8 Å². The lowest BCUT2D eigenvalue weighted by atomic mass is 9.88. The third kappa shape index (κ3) is 7.52. The molecule has 2 aromatic heterocycles. The molecular formula is C28H34F5N5OS. The van der Waals surface area contributed by atoms with Crippen LogP contribution in [0, 0.1) is 19.8 Å². The van der Waals surface area contributed by atoms with Crippen LogP contribution >= 0.6 is 11.3 Å². The van der Waals surface area contributed by atoms with Crippen LogP contribution in [0.1, 0.15) is 61.6 Å². The summed E-state index contributed by atoms with van der Waals surface area (Å²) in [5.74, 6) is -4.16. The molecule has 1 N–H and O–H groups in total. The van der Waals surface area contributed by atoms with E-state index < -0.39 is 48.5 Å². The van der Waals surface area contributed by atoms with Gasteiger partial charge in [-0.1, -0.05) is 19.9 Å². The summed E-state index contributed by atoms with van der Waals surface area (Å²) in [5.41, 5.74) is 1.28. The first-order valence-corrected chi connectivity index (χ1v) is 13.8. The van der Waals surface area contributed by atoms with Crippen LogP contribution < -0.4 is 5.32 Å². The average molecular weight is 584 g/mol. The van der Waals surface area contributed by atoms with E-state index in [-0.39, 0.29) is 18.1 Å². The summed E-state index contributed by atoms with van der Waals surface area (Å²) >= 11 is 1.26. The molecule has 2 aromatic rings. The largest absolute Gasteiger partial charge is 0.417 e. The number of thiazole rings is 1. The first-order chi connectivity index (χ1) is 18.7. The zero-order valence-corrected chi connectivity index (χ0v) is 24.2. The van der Waals surface area contributed by atoms with E-state index in [0.29, 0.717) is 27.6 Å². The number of allylic oxidation sites excluding steroid dienone is 3. The number of aliphatic imine (C=N–C) groups is 1. The van der Waals surface area contributed by atoms with Crippen molar-refractivity contribution in [1.82, 2.24) is 20.2 Å². The number of aryl methyl sites for hydroxylation is 2. The molecule has 40 heavy (non-hydrogen) atoms. The molecule has 6 nitrogen and oxygen atoms in total. The van der Waals surface area contributed by atoms with Gasteiger partial charge in [-0.3, -0.25) is 9.78 Å². The second kappa shape index (κ2) is 12.6. The van der Waals surface area contributed by atoms with Gasteiger partial charge in [-0.05, 0) is 63.3 Å². The number of carbonyl (C=O) groups is 1. The Morgan fingerprint density at radius 3 is 2.62 bits per heavy atom. The number of nitrogens with one attached hydrogen (secondary N) is 1. The van der Waals surface area contributed by atoms with Crippen LogP contribution in [-0.2, 0) is 0 Å². The number of halogens is 5. The van der Waals surface area contributed by atoms with Crippen molar-refractivity contribution >= 4 is 23.5 Å². The number of likely N-dealkylation sites (tertiary alicyclic amines) is 1. The molecule has 3 heterocycles. The van der Waals surface area contributed by atoms with E-state index in [0.717, 1.165) is 22.8 Å². The predicted molar refractivity (Wildman–Crippen MR) is 148 cm³/mol. The van der Waals surface area contributed by atoms with Crippen molar-refractivity contribution in [3.63, 3.8) is 0 Å². The molecule has 1 fully saturated rings. The van der Waals surface area contributed by atoms with Gasteiger partial charge >= 0.3 is 6.18 Å². The Labute approximate surface area is 235 Å². The fourth-order valence-corrected chi connectivity index (χ4v) is 5.42. The van der Waals surface area contributed by atoms with Gasteiger partial charge in [0.15, 0.2) is 0 Å². The molecule has 1 saturated heterocycles. The maximum atomic E-state index is 14.8. The minimum Gasteiger partial charge on any atom is -0.368 e. The van der Waals surface area contributed by atoms with Gasteiger partial charge in [0.2, 0.25) is 0 Å². The zero-order valence-electron chi connectivity index (χ0n) is 23.4. The van der Waals surface area contributed by atoms with Crippen LogP contribution in [-0.4, -0.2) is 58.2 Å². The predicted octanol–water partition coefficient (Wildman–Crippen LogP) is 7.12. The summed E-state index contributed by atoms with van der Waals surface area (Å²) in [7, 11) is 0. The topological polar surface area (TPSA) is 70.5 Å². The molecule has 3 rings (SSSR count). The summed E-state index contributed by atoms with van der Waals surface area (Å²) in [5, 5.41) is 3.64. The van der Waals surface area contributed by atoms with E-state index in [9.17, 15) is 26.7 Å². The molecule has 0 saturated carbocycles. The number of nitrogens with zero attached hydrogens (tertiary/aromatic N) is 4. The highest BCUT2D eigenvalue weighted by molar-refractivity contribution is 7.15. The first-order valence-electron chi connectivity index (χ1n) is 13.0. The first kappa shape index (κ1) is 31.4. The highest BCUT2D eigenvalue weighted by atomic mass is 32.1. The molecule has 0 aromatic carbocycles. The maximum absolute atomic E-state index is 14.8. The highest BCUT2D eigenvalue weighted by Gasteiger charge is 2.47. The van der Waals surface area contributed by atoms with E-state index in [4.69, 9.17) is 0 Å². The number of alkyl halides is 5. The molecule has 218 valence electrons. The SMILES string of the molecule is C\C=C(/C=N\C(NCC1C(C)CC(F)(F)CN1C(=O)c1nc(C)sc1-c1cc(C)ccn1)=C(\C)CC)C(F)(F)F. The Kier molecular flexibility index (Phi) is 9.86. The lowest BCUT2D eigenvalue weighted by molar-refractivity contribution is -0.0913. The number of carbonyl (C=O) groups excluding carboxylic acids is 1. The molecule has 0 aliphatic carbocycles. The van der Waals surface area contributed by atoms with Gasteiger partial charge < -0.3 is 10.2 Å². The van der Waals surface area contributed by atoms with Crippen LogP contribution in [0.5, 0.6) is 0 Å². The summed E-state index contributed by atoms with van der Waals surface area (Å²) in [6.45, 7) is 9.30. The quantitative estimate of drug-likeness (QED) is 0.265. The Morgan fingerprint density at radius 2 is 2.02 bits per heavy atom. The summed E-state index contributed by atoms with van der Waals surface area (Å²) in [6.07, 6.45) is -1.22. The van der Waals surface area contributed by atoms with Gasteiger partial charge in [-0.2, -0.15) is 13.2 Å². The van der Waals surface area contributed by atoms with Crippen LogP contribution in [0.4, 0.5) is 22.0 Å². The molecule has 1 amide bonds. The highest BCUT2D eigenvalue weighted by Crippen LogP contribution is 2.37. The van der Waals surface area contributed by atoms with Crippen LogP contribution in [0.3, 0.4) is 0 Å². The Hall–Kier alpha value is -3.15. The second-order valence-corrected chi connectivity index (χ2v) is 11.2. The summed E-state index contributed by atoms with van der Waals surface area (Å²) < 4.78 is 69.2. The molecule has 1 aliphatic heterocycles. The lowest BCUT2D eigenvalue weighted by Crippen LogP contribution is -2.58. The van der Waals surface area contributed by atoms with Crippen molar-refractivity contribution < 1.29 is 26.7 Å². The van der Waals surface area contributed by atoms with E-state index in [2.05, 4.69) is 20.3 Å².